The molecule has 140 valence electrons. The molecule has 3 aromatic rings. The fourth-order valence-electron chi connectivity index (χ4n) is 3.21. The Kier molecular flexibility index (Phi) is 4.76. The molecule has 0 saturated heterocycles. The Morgan fingerprint density at radius 1 is 0.964 bits per heavy atom. The summed E-state index contributed by atoms with van der Waals surface area (Å²) in [7, 11) is 0. The number of fused-ring (bicyclic) bond motifs is 1. The molecule has 0 spiro atoms. The van der Waals surface area contributed by atoms with E-state index in [2.05, 4.69) is 10.5 Å². The monoisotopic (exact) mass is 375 g/mol. The molecule has 1 amide bonds. The molecule has 0 aliphatic carbocycles. The smallest absolute Gasteiger partial charge is 0.279 e. The van der Waals surface area contributed by atoms with E-state index in [4.69, 9.17) is 0 Å². The lowest BCUT2D eigenvalue weighted by Gasteiger charge is -2.17. The van der Waals surface area contributed by atoms with Crippen LogP contribution < -0.4 is 10.3 Å². The van der Waals surface area contributed by atoms with Gasteiger partial charge in [0.1, 0.15) is 11.6 Å². The minimum Gasteiger partial charge on any atom is -0.506 e. The number of hydrogen-bond donors (Lipinski definition) is 2. The molecular formula is C22H18FN3O2. The molecule has 0 aromatic heterocycles. The van der Waals surface area contributed by atoms with Gasteiger partial charge in [0.2, 0.25) is 0 Å². The Hall–Kier alpha value is -3.67. The highest BCUT2D eigenvalue weighted by atomic mass is 19.1. The third kappa shape index (κ3) is 3.32. The normalized spacial score (nSPS) is 14.4. The predicted octanol–water partition coefficient (Wildman–Crippen LogP) is 3.94. The molecule has 5 nitrogen and oxygen atoms in total. The van der Waals surface area contributed by atoms with Crippen molar-refractivity contribution in [2.75, 3.05) is 16.9 Å². The maximum Gasteiger partial charge on any atom is 0.279 e. The van der Waals surface area contributed by atoms with E-state index < -0.39 is 0 Å². The van der Waals surface area contributed by atoms with Crippen LogP contribution in [-0.2, 0) is 11.2 Å². The van der Waals surface area contributed by atoms with Crippen LogP contribution in [0.2, 0.25) is 0 Å². The Labute approximate surface area is 161 Å². The van der Waals surface area contributed by atoms with Crippen LogP contribution in [0.3, 0.4) is 0 Å². The Balaban J connectivity index is 1.60. The number of phenolic OH excluding ortho intramolecular Hbond substituents is 1. The topological polar surface area (TPSA) is 64.9 Å². The summed E-state index contributed by atoms with van der Waals surface area (Å²) >= 11 is 0. The van der Waals surface area contributed by atoms with Gasteiger partial charge in [0, 0.05) is 12.1 Å². The van der Waals surface area contributed by atoms with Crippen LogP contribution in [0.15, 0.2) is 77.9 Å². The molecule has 3 aromatic carbocycles. The molecule has 1 aliphatic rings. The minimum atomic E-state index is -0.280. The van der Waals surface area contributed by atoms with Crippen LogP contribution in [0.25, 0.3) is 0 Å². The third-order valence-electron chi connectivity index (χ3n) is 4.65. The Morgan fingerprint density at radius 2 is 1.68 bits per heavy atom. The number of carbonyl (C=O) groups is 1. The molecule has 0 saturated carbocycles. The lowest BCUT2D eigenvalue weighted by atomic mass is 10.1. The number of phenols is 1. The summed E-state index contributed by atoms with van der Waals surface area (Å²) in [6, 6.07) is 20.6. The summed E-state index contributed by atoms with van der Waals surface area (Å²) in [5.41, 5.74) is 5.42. The number of hydrazone groups is 1. The number of anilines is 2. The zero-order chi connectivity index (χ0) is 19.5. The first kappa shape index (κ1) is 17.7. The number of para-hydroxylation sites is 3. The summed E-state index contributed by atoms with van der Waals surface area (Å²) in [6.07, 6.45) is 0.396. The number of amides is 1. The average Bonchev–Trinajstić information content (AvgIpc) is 2.98. The summed E-state index contributed by atoms with van der Waals surface area (Å²) in [6.45, 7) is 0.340. The zero-order valence-electron chi connectivity index (χ0n) is 15.0. The number of aromatic hydroxyl groups is 1. The molecule has 28 heavy (non-hydrogen) atoms. The predicted molar refractivity (Wildman–Crippen MR) is 107 cm³/mol. The van der Waals surface area contributed by atoms with E-state index in [1.165, 1.54) is 12.1 Å². The van der Waals surface area contributed by atoms with Crippen LogP contribution in [0.4, 0.5) is 15.8 Å². The standard InChI is InChI=1S/C22H18FN3O2/c23-17-9-3-1-7-15(17)13-14-26-19-11-5-2-8-16(19)21(22(26)28)25-24-18-10-4-6-12-20(18)27/h1-12,24,27H,13-14H2. The van der Waals surface area contributed by atoms with E-state index in [0.29, 0.717) is 29.8 Å². The molecule has 1 heterocycles. The summed E-state index contributed by atoms with van der Waals surface area (Å²) in [5, 5.41) is 14.1. The first-order valence-electron chi connectivity index (χ1n) is 8.91. The van der Waals surface area contributed by atoms with Crippen LogP contribution in [0, 0.1) is 5.82 Å². The Morgan fingerprint density at radius 3 is 2.50 bits per heavy atom. The highest BCUT2D eigenvalue weighted by Gasteiger charge is 2.33. The van der Waals surface area contributed by atoms with E-state index in [1.807, 2.05) is 24.3 Å². The van der Waals surface area contributed by atoms with E-state index in [1.54, 1.807) is 41.3 Å². The van der Waals surface area contributed by atoms with Crippen LogP contribution in [0.5, 0.6) is 5.75 Å². The summed E-state index contributed by atoms with van der Waals surface area (Å²) in [5.74, 6) is -0.500. The van der Waals surface area contributed by atoms with Crippen molar-refractivity contribution in [1.82, 2.24) is 0 Å². The first-order chi connectivity index (χ1) is 13.6. The number of nitrogens with one attached hydrogen (secondary N) is 1. The molecule has 0 atom stereocenters. The van der Waals surface area contributed by atoms with Gasteiger partial charge in [-0.25, -0.2) is 4.39 Å². The van der Waals surface area contributed by atoms with Gasteiger partial charge in [0.05, 0.1) is 11.4 Å². The maximum atomic E-state index is 13.9. The van der Waals surface area contributed by atoms with Crippen molar-refractivity contribution in [3.63, 3.8) is 0 Å². The fraction of sp³-hybridized carbons (Fsp3) is 0.0909. The zero-order valence-corrected chi connectivity index (χ0v) is 15.0. The first-order valence-corrected chi connectivity index (χ1v) is 8.91. The van der Waals surface area contributed by atoms with Gasteiger partial charge in [-0.2, -0.15) is 5.10 Å². The second-order valence-electron chi connectivity index (χ2n) is 6.40. The van der Waals surface area contributed by atoms with Gasteiger partial charge in [-0.05, 0) is 36.2 Å². The van der Waals surface area contributed by atoms with Crippen LogP contribution in [-0.4, -0.2) is 23.3 Å². The molecule has 0 unspecified atom stereocenters. The van der Waals surface area contributed by atoms with Crippen molar-refractivity contribution >= 4 is 23.0 Å². The van der Waals surface area contributed by atoms with E-state index >= 15 is 0 Å². The fourth-order valence-corrected chi connectivity index (χ4v) is 3.21. The van der Waals surface area contributed by atoms with Crippen molar-refractivity contribution in [3.05, 3.63) is 89.7 Å². The van der Waals surface area contributed by atoms with E-state index in [0.717, 1.165) is 5.69 Å². The molecule has 6 heteroatoms. The molecule has 4 rings (SSSR count). The molecule has 0 bridgehead atoms. The molecular weight excluding hydrogens is 357 g/mol. The SMILES string of the molecule is O=C1C(=NNc2ccccc2O)c2ccccc2N1CCc1ccccc1F. The highest BCUT2D eigenvalue weighted by Crippen LogP contribution is 2.30. The molecule has 0 fully saturated rings. The average molecular weight is 375 g/mol. The highest BCUT2D eigenvalue weighted by molar-refractivity contribution is 6.54. The van der Waals surface area contributed by atoms with Gasteiger partial charge < -0.3 is 10.0 Å². The van der Waals surface area contributed by atoms with Crippen molar-refractivity contribution < 1.29 is 14.3 Å². The second kappa shape index (κ2) is 7.52. The number of carbonyl (C=O) groups excluding carboxylic acids is 1. The van der Waals surface area contributed by atoms with Crippen molar-refractivity contribution in [1.29, 1.82) is 0 Å². The van der Waals surface area contributed by atoms with Gasteiger partial charge in [-0.3, -0.25) is 10.2 Å². The lowest BCUT2D eigenvalue weighted by Crippen LogP contribution is -2.32. The molecule has 0 radical (unpaired) electrons. The number of rotatable bonds is 5. The van der Waals surface area contributed by atoms with Crippen LogP contribution >= 0.6 is 0 Å². The molecule has 2 N–H and O–H groups in total. The van der Waals surface area contributed by atoms with Crippen molar-refractivity contribution in [3.8, 4) is 5.75 Å². The largest absolute Gasteiger partial charge is 0.506 e. The van der Waals surface area contributed by atoms with Gasteiger partial charge >= 0.3 is 0 Å². The summed E-state index contributed by atoms with van der Waals surface area (Å²) < 4.78 is 13.9. The van der Waals surface area contributed by atoms with Crippen LogP contribution in [0.1, 0.15) is 11.1 Å². The number of benzene rings is 3. The van der Waals surface area contributed by atoms with Gasteiger partial charge in [0.25, 0.3) is 5.91 Å². The van der Waals surface area contributed by atoms with E-state index in [9.17, 15) is 14.3 Å². The van der Waals surface area contributed by atoms with Gasteiger partial charge in [0.15, 0.2) is 5.71 Å². The number of halogens is 1. The van der Waals surface area contributed by atoms with Gasteiger partial charge in [-0.15, -0.1) is 0 Å². The minimum absolute atomic E-state index is 0.0435. The number of nitrogens with zero attached hydrogens (tertiary/aromatic N) is 2. The maximum absolute atomic E-state index is 13.9. The van der Waals surface area contributed by atoms with Crippen molar-refractivity contribution in [2.45, 2.75) is 6.42 Å². The van der Waals surface area contributed by atoms with Gasteiger partial charge in [-0.1, -0.05) is 48.5 Å². The Bertz CT molecular complexity index is 1060. The third-order valence-corrected chi connectivity index (χ3v) is 4.65. The van der Waals surface area contributed by atoms with E-state index in [-0.39, 0.29) is 23.2 Å². The second-order valence-corrected chi connectivity index (χ2v) is 6.40. The van der Waals surface area contributed by atoms with Crippen molar-refractivity contribution in [2.24, 2.45) is 5.10 Å². The quantitative estimate of drug-likeness (QED) is 0.524. The lowest BCUT2D eigenvalue weighted by molar-refractivity contribution is -0.112. The molecule has 1 aliphatic heterocycles. The summed E-state index contributed by atoms with van der Waals surface area (Å²) in [4.78, 5) is 14.6. The number of hydrogen-bond acceptors (Lipinski definition) is 4.